The predicted octanol–water partition coefficient (Wildman–Crippen LogP) is 2.43. The van der Waals surface area contributed by atoms with Gasteiger partial charge in [0.1, 0.15) is 0 Å². The van der Waals surface area contributed by atoms with Gasteiger partial charge < -0.3 is 5.32 Å². The van der Waals surface area contributed by atoms with Gasteiger partial charge >= 0.3 is 0 Å². The molecule has 0 unspecified atom stereocenters. The van der Waals surface area contributed by atoms with Crippen molar-refractivity contribution in [2.45, 2.75) is 19.1 Å². The monoisotopic (exact) mass is 316 g/mol. The van der Waals surface area contributed by atoms with E-state index in [1.165, 1.54) is 0 Å². The molecule has 114 valence electrons. The van der Waals surface area contributed by atoms with Crippen LogP contribution in [0.4, 0.5) is 11.4 Å². The normalized spacial score (nSPS) is 13.6. The van der Waals surface area contributed by atoms with Gasteiger partial charge in [-0.25, -0.2) is 8.42 Å². The fourth-order valence-electron chi connectivity index (χ4n) is 2.41. The molecule has 1 aliphatic rings. The molecule has 5 nitrogen and oxygen atoms in total. The zero-order valence-corrected chi connectivity index (χ0v) is 12.9. The van der Waals surface area contributed by atoms with E-state index in [-0.39, 0.29) is 18.1 Å². The number of nitrogens with one attached hydrogen (secondary N) is 2. The molecule has 0 fully saturated rings. The number of rotatable bonds is 4. The highest BCUT2D eigenvalue weighted by Crippen LogP contribution is 2.26. The molecule has 3 rings (SSSR count). The molecule has 6 heteroatoms. The Bertz CT molecular complexity index is 827. The third-order valence-electron chi connectivity index (χ3n) is 3.48. The number of fused-ring (bicyclic) bond motifs is 1. The van der Waals surface area contributed by atoms with Gasteiger partial charge in [-0.2, -0.15) is 0 Å². The lowest BCUT2D eigenvalue weighted by molar-refractivity contribution is -0.115. The van der Waals surface area contributed by atoms with E-state index in [2.05, 4.69) is 10.0 Å². The maximum atomic E-state index is 12.2. The minimum atomic E-state index is -3.49. The Labute approximate surface area is 129 Å². The molecule has 0 saturated heterocycles. The second-order valence-electron chi connectivity index (χ2n) is 5.44. The van der Waals surface area contributed by atoms with Crippen LogP contribution in [0.25, 0.3) is 0 Å². The summed E-state index contributed by atoms with van der Waals surface area (Å²) in [4.78, 5) is 11.3. The van der Waals surface area contributed by atoms with Crippen LogP contribution in [0.15, 0.2) is 42.5 Å². The van der Waals surface area contributed by atoms with Gasteiger partial charge in [0.05, 0.1) is 12.2 Å². The quantitative estimate of drug-likeness (QED) is 0.909. The van der Waals surface area contributed by atoms with Crippen LogP contribution in [0.2, 0.25) is 0 Å². The summed E-state index contributed by atoms with van der Waals surface area (Å²) in [5.74, 6) is -0.156. The van der Waals surface area contributed by atoms with Crippen LogP contribution >= 0.6 is 0 Å². The number of sulfonamides is 1. The van der Waals surface area contributed by atoms with Crippen LogP contribution in [-0.4, -0.2) is 14.3 Å². The SMILES string of the molecule is Cc1ccc(CS(=O)(=O)Nc2ccc3c(c2)CC(=O)N3)cc1. The molecule has 0 radical (unpaired) electrons. The van der Waals surface area contributed by atoms with E-state index in [0.717, 1.165) is 22.4 Å². The summed E-state index contributed by atoms with van der Waals surface area (Å²) >= 11 is 0. The van der Waals surface area contributed by atoms with E-state index in [1.807, 2.05) is 19.1 Å². The smallest absolute Gasteiger partial charge is 0.236 e. The van der Waals surface area contributed by atoms with E-state index in [1.54, 1.807) is 30.3 Å². The molecule has 0 spiro atoms. The Morgan fingerprint density at radius 1 is 1.14 bits per heavy atom. The maximum absolute atomic E-state index is 12.2. The largest absolute Gasteiger partial charge is 0.326 e. The molecule has 1 amide bonds. The second kappa shape index (κ2) is 5.46. The summed E-state index contributed by atoms with van der Waals surface area (Å²) in [5.41, 5.74) is 3.84. The summed E-state index contributed by atoms with van der Waals surface area (Å²) in [7, 11) is -3.49. The first-order valence-corrected chi connectivity index (χ1v) is 8.55. The first-order valence-electron chi connectivity index (χ1n) is 6.90. The lowest BCUT2D eigenvalue weighted by atomic mass is 10.1. The summed E-state index contributed by atoms with van der Waals surface area (Å²) in [5, 5.41) is 2.72. The van der Waals surface area contributed by atoms with Gasteiger partial charge in [0.2, 0.25) is 15.9 Å². The summed E-state index contributed by atoms with van der Waals surface area (Å²) in [6, 6.07) is 12.4. The summed E-state index contributed by atoms with van der Waals surface area (Å²) < 4.78 is 27.0. The molecule has 2 aromatic carbocycles. The highest BCUT2D eigenvalue weighted by molar-refractivity contribution is 7.91. The van der Waals surface area contributed by atoms with Crippen LogP contribution < -0.4 is 10.0 Å². The van der Waals surface area contributed by atoms with Crippen molar-refractivity contribution in [3.8, 4) is 0 Å². The van der Waals surface area contributed by atoms with Crippen LogP contribution in [0.1, 0.15) is 16.7 Å². The maximum Gasteiger partial charge on any atom is 0.236 e. The number of benzene rings is 2. The highest BCUT2D eigenvalue weighted by atomic mass is 32.2. The molecule has 0 atom stereocenters. The summed E-state index contributed by atoms with van der Waals surface area (Å²) in [6.45, 7) is 1.95. The van der Waals surface area contributed by atoms with Crippen LogP contribution in [0, 0.1) is 6.92 Å². The number of amides is 1. The summed E-state index contributed by atoms with van der Waals surface area (Å²) in [6.07, 6.45) is 0.281. The van der Waals surface area contributed by atoms with Crippen LogP contribution in [-0.2, 0) is 27.0 Å². The van der Waals surface area contributed by atoms with Crippen molar-refractivity contribution in [3.63, 3.8) is 0 Å². The van der Waals surface area contributed by atoms with E-state index < -0.39 is 10.0 Å². The predicted molar refractivity (Wildman–Crippen MR) is 86.2 cm³/mol. The minimum absolute atomic E-state index is 0.0744. The second-order valence-corrected chi connectivity index (χ2v) is 7.17. The molecule has 2 N–H and O–H groups in total. The van der Waals surface area contributed by atoms with Gasteiger partial charge in [0.25, 0.3) is 0 Å². The number of hydrogen-bond donors (Lipinski definition) is 2. The number of carbonyl (C=O) groups is 1. The first kappa shape index (κ1) is 14.6. The molecule has 0 aliphatic carbocycles. The molecule has 0 aromatic heterocycles. The third-order valence-corrected chi connectivity index (χ3v) is 4.74. The molecule has 0 bridgehead atoms. The lowest BCUT2D eigenvalue weighted by Crippen LogP contribution is -2.15. The zero-order valence-electron chi connectivity index (χ0n) is 12.1. The topological polar surface area (TPSA) is 75.3 Å². The third kappa shape index (κ3) is 3.28. The number of hydrogen-bond acceptors (Lipinski definition) is 3. The number of carbonyl (C=O) groups excluding carboxylic acids is 1. The Hall–Kier alpha value is -2.34. The van der Waals surface area contributed by atoms with Crippen molar-refractivity contribution in [2.24, 2.45) is 0 Å². The average molecular weight is 316 g/mol. The number of anilines is 2. The zero-order chi connectivity index (χ0) is 15.7. The minimum Gasteiger partial charge on any atom is -0.326 e. The van der Waals surface area contributed by atoms with Crippen molar-refractivity contribution in [1.82, 2.24) is 0 Å². The van der Waals surface area contributed by atoms with Gasteiger partial charge in [0.15, 0.2) is 0 Å². The average Bonchev–Trinajstić information content (AvgIpc) is 2.80. The first-order chi connectivity index (χ1) is 10.4. The Kier molecular flexibility index (Phi) is 3.62. The molecule has 0 saturated carbocycles. The van der Waals surface area contributed by atoms with Crippen molar-refractivity contribution < 1.29 is 13.2 Å². The van der Waals surface area contributed by atoms with E-state index >= 15 is 0 Å². The van der Waals surface area contributed by atoms with Crippen LogP contribution in [0.5, 0.6) is 0 Å². The van der Waals surface area contributed by atoms with Crippen molar-refractivity contribution in [3.05, 3.63) is 59.2 Å². The van der Waals surface area contributed by atoms with Gasteiger partial charge in [-0.1, -0.05) is 29.8 Å². The van der Waals surface area contributed by atoms with Gasteiger partial charge in [-0.05, 0) is 36.2 Å². The fourth-order valence-corrected chi connectivity index (χ4v) is 3.60. The Morgan fingerprint density at radius 2 is 1.86 bits per heavy atom. The van der Waals surface area contributed by atoms with Crippen molar-refractivity contribution >= 4 is 27.3 Å². The molecule has 1 aliphatic heterocycles. The van der Waals surface area contributed by atoms with Gasteiger partial charge in [-0.3, -0.25) is 9.52 Å². The molecule has 1 heterocycles. The fraction of sp³-hybridized carbons (Fsp3) is 0.188. The molecular weight excluding hydrogens is 300 g/mol. The molecule has 22 heavy (non-hydrogen) atoms. The number of aryl methyl sites for hydroxylation is 1. The Morgan fingerprint density at radius 3 is 2.59 bits per heavy atom. The van der Waals surface area contributed by atoms with E-state index in [9.17, 15) is 13.2 Å². The molecule has 2 aromatic rings. The Balaban J connectivity index is 1.76. The lowest BCUT2D eigenvalue weighted by Gasteiger charge is -2.09. The highest BCUT2D eigenvalue weighted by Gasteiger charge is 2.19. The van der Waals surface area contributed by atoms with Gasteiger partial charge in [0, 0.05) is 11.4 Å². The van der Waals surface area contributed by atoms with Crippen LogP contribution in [0.3, 0.4) is 0 Å². The molecular formula is C16H16N2O3S. The van der Waals surface area contributed by atoms with Gasteiger partial charge in [-0.15, -0.1) is 0 Å². The van der Waals surface area contributed by atoms with E-state index in [0.29, 0.717) is 5.69 Å². The van der Waals surface area contributed by atoms with Crippen molar-refractivity contribution in [2.75, 3.05) is 10.0 Å². The van der Waals surface area contributed by atoms with E-state index in [4.69, 9.17) is 0 Å². The van der Waals surface area contributed by atoms with Crippen molar-refractivity contribution in [1.29, 1.82) is 0 Å². The standard InChI is InChI=1S/C16H16N2O3S/c1-11-2-4-12(5-3-11)10-22(20,21)18-14-6-7-15-13(8-14)9-16(19)17-15/h2-8,18H,9-10H2,1H3,(H,17,19).